The van der Waals surface area contributed by atoms with Crippen LogP contribution in [0.5, 0.6) is 0 Å². The number of carbonyl (C=O) groups excluding carboxylic acids is 2. The van der Waals surface area contributed by atoms with Crippen LogP contribution in [0.15, 0.2) is 54.2 Å². The van der Waals surface area contributed by atoms with E-state index in [1.165, 1.54) is 0 Å². The summed E-state index contributed by atoms with van der Waals surface area (Å²) in [4.78, 5) is 27.4. The van der Waals surface area contributed by atoms with E-state index >= 15 is 0 Å². The van der Waals surface area contributed by atoms with Crippen molar-refractivity contribution < 1.29 is 9.59 Å². The highest BCUT2D eigenvalue weighted by atomic mass is 35.5. The third-order valence-corrected chi connectivity index (χ3v) is 6.57. The van der Waals surface area contributed by atoms with E-state index in [0.717, 1.165) is 30.4 Å². The molecule has 3 amide bonds. The lowest BCUT2D eigenvalue weighted by molar-refractivity contribution is -0.135. The van der Waals surface area contributed by atoms with E-state index < -0.39 is 0 Å². The van der Waals surface area contributed by atoms with Gasteiger partial charge in [-0.25, -0.2) is 10.2 Å². The number of hydrogen-bond donors (Lipinski definition) is 3. The topological polar surface area (TPSA) is 100 Å². The van der Waals surface area contributed by atoms with Crippen LogP contribution in [0, 0.1) is 11.3 Å². The van der Waals surface area contributed by atoms with Gasteiger partial charge in [-0.05, 0) is 47.9 Å². The van der Waals surface area contributed by atoms with Gasteiger partial charge in [0.25, 0.3) is 5.91 Å². The first kappa shape index (κ1) is 28.0. The van der Waals surface area contributed by atoms with E-state index in [1.54, 1.807) is 31.3 Å². The Hall–Kier alpha value is -3.54. The molecule has 1 fully saturated rings. The standard InChI is InChI=1S/C26H29ClN6O2.C2H6/c1-3-4-5-20-16-32(15-18-8-6-17(14-28)7-9-18)25(34)24-13-23(31-33(20)24)21-11-10-19(27)12-22(21)30-26(35)29-2;1-2/h6-13,20,23,31H,3-5,15-16H2,1-2H3,(H2,29,30,35);1-2H3. The predicted molar refractivity (Wildman–Crippen MR) is 147 cm³/mol. The van der Waals surface area contributed by atoms with Gasteiger partial charge in [0.1, 0.15) is 5.70 Å². The summed E-state index contributed by atoms with van der Waals surface area (Å²) in [5.74, 6) is -0.0492. The Kier molecular flexibility index (Phi) is 9.95. The van der Waals surface area contributed by atoms with Crippen LogP contribution in [0.25, 0.3) is 0 Å². The molecule has 0 spiro atoms. The van der Waals surface area contributed by atoms with Crippen molar-refractivity contribution in [2.45, 2.75) is 58.7 Å². The van der Waals surface area contributed by atoms with Crippen molar-refractivity contribution in [3.8, 4) is 6.07 Å². The van der Waals surface area contributed by atoms with E-state index in [-0.39, 0.29) is 24.0 Å². The summed E-state index contributed by atoms with van der Waals surface area (Å²) in [7, 11) is 1.55. The molecule has 196 valence electrons. The van der Waals surface area contributed by atoms with Crippen LogP contribution in [0.4, 0.5) is 10.5 Å². The monoisotopic (exact) mass is 522 g/mol. The van der Waals surface area contributed by atoms with Gasteiger partial charge in [-0.15, -0.1) is 0 Å². The van der Waals surface area contributed by atoms with Gasteiger partial charge >= 0.3 is 6.03 Å². The molecule has 37 heavy (non-hydrogen) atoms. The summed E-state index contributed by atoms with van der Waals surface area (Å²) in [5, 5.41) is 16.9. The normalized spacial score (nSPS) is 18.3. The number of unbranched alkanes of at least 4 members (excludes halogenated alkanes) is 1. The average molecular weight is 523 g/mol. The molecular formula is C28H35ClN6O2. The number of halogens is 1. The third kappa shape index (κ3) is 6.62. The highest BCUT2D eigenvalue weighted by Crippen LogP contribution is 2.36. The minimum atomic E-state index is -0.345. The number of carbonyl (C=O) groups is 2. The molecule has 0 aliphatic carbocycles. The van der Waals surface area contributed by atoms with Gasteiger partial charge in [0.2, 0.25) is 0 Å². The van der Waals surface area contributed by atoms with Gasteiger partial charge in [-0.2, -0.15) is 5.26 Å². The fourth-order valence-electron chi connectivity index (χ4n) is 4.51. The molecule has 0 radical (unpaired) electrons. The maximum Gasteiger partial charge on any atom is 0.318 e. The van der Waals surface area contributed by atoms with Gasteiger partial charge in [-0.3, -0.25) is 9.80 Å². The number of urea groups is 1. The molecule has 9 heteroatoms. The molecule has 0 bridgehead atoms. The van der Waals surface area contributed by atoms with Crippen LogP contribution in [-0.2, 0) is 11.3 Å². The number of hydrogen-bond acceptors (Lipinski definition) is 5. The first-order chi connectivity index (χ1) is 17.9. The zero-order chi connectivity index (χ0) is 26.9. The minimum absolute atomic E-state index is 0.0492. The summed E-state index contributed by atoms with van der Waals surface area (Å²) in [6, 6.07) is 14.3. The van der Waals surface area contributed by atoms with Crippen molar-refractivity contribution in [3.63, 3.8) is 0 Å². The Morgan fingerprint density at radius 1 is 1.22 bits per heavy atom. The molecule has 2 aliphatic rings. The number of anilines is 1. The SMILES string of the molecule is CC.CCCCC1CN(Cc2ccc(C#N)cc2)C(=O)C2=CC(c3ccc(Cl)cc3NC(=O)NC)NN21. The lowest BCUT2D eigenvalue weighted by atomic mass is 10.0. The van der Waals surface area contributed by atoms with Gasteiger partial charge in [-0.1, -0.05) is 63.4 Å². The molecule has 2 aromatic carbocycles. The summed E-state index contributed by atoms with van der Waals surface area (Å²) in [6.45, 7) is 7.23. The van der Waals surface area contributed by atoms with Gasteiger partial charge in [0, 0.05) is 30.8 Å². The van der Waals surface area contributed by atoms with E-state index in [0.29, 0.717) is 35.1 Å². The number of amides is 3. The molecule has 2 heterocycles. The molecule has 2 unspecified atom stereocenters. The molecule has 1 saturated heterocycles. The number of rotatable bonds is 7. The number of hydrazine groups is 1. The van der Waals surface area contributed by atoms with Crippen molar-refractivity contribution in [2.75, 3.05) is 18.9 Å². The van der Waals surface area contributed by atoms with Crippen LogP contribution < -0.4 is 16.1 Å². The van der Waals surface area contributed by atoms with Gasteiger partial charge in [0.05, 0.1) is 23.7 Å². The van der Waals surface area contributed by atoms with E-state index in [2.05, 4.69) is 29.1 Å². The number of nitriles is 1. The molecule has 8 nitrogen and oxygen atoms in total. The second-order valence-electron chi connectivity index (χ2n) is 8.75. The third-order valence-electron chi connectivity index (χ3n) is 6.34. The lowest BCUT2D eigenvalue weighted by Crippen LogP contribution is -2.56. The van der Waals surface area contributed by atoms with Crippen LogP contribution in [0.3, 0.4) is 0 Å². The van der Waals surface area contributed by atoms with Gasteiger partial charge in [0.15, 0.2) is 0 Å². The fourth-order valence-corrected chi connectivity index (χ4v) is 4.68. The van der Waals surface area contributed by atoms with Crippen molar-refractivity contribution in [1.82, 2.24) is 20.7 Å². The number of nitrogens with zero attached hydrogens (tertiary/aromatic N) is 3. The second kappa shape index (κ2) is 13.1. The van der Waals surface area contributed by atoms with E-state index in [9.17, 15) is 9.59 Å². The lowest BCUT2D eigenvalue weighted by Gasteiger charge is -2.41. The summed E-state index contributed by atoms with van der Waals surface area (Å²) < 4.78 is 0. The Morgan fingerprint density at radius 3 is 2.59 bits per heavy atom. The summed E-state index contributed by atoms with van der Waals surface area (Å²) in [5.41, 5.74) is 7.08. The molecule has 4 rings (SSSR count). The quantitative estimate of drug-likeness (QED) is 0.456. The predicted octanol–water partition coefficient (Wildman–Crippen LogP) is 5.34. The average Bonchev–Trinajstić information content (AvgIpc) is 3.37. The maximum absolute atomic E-state index is 13.5. The molecule has 2 atom stereocenters. The number of piperazine rings is 1. The number of fused-ring (bicyclic) bond motifs is 1. The summed E-state index contributed by atoms with van der Waals surface area (Å²) >= 11 is 6.19. The van der Waals surface area contributed by atoms with E-state index in [1.807, 2.05) is 48.0 Å². The molecule has 0 saturated carbocycles. The maximum atomic E-state index is 13.5. The second-order valence-corrected chi connectivity index (χ2v) is 9.19. The van der Waals surface area contributed by atoms with Crippen molar-refractivity contribution in [3.05, 3.63) is 76.0 Å². The van der Waals surface area contributed by atoms with Crippen molar-refractivity contribution >= 4 is 29.2 Å². The largest absolute Gasteiger partial charge is 0.341 e. The van der Waals surface area contributed by atoms with Crippen molar-refractivity contribution in [2.24, 2.45) is 0 Å². The van der Waals surface area contributed by atoms with Crippen LogP contribution in [0.1, 0.15) is 62.8 Å². The van der Waals surface area contributed by atoms with Crippen LogP contribution in [-0.4, -0.2) is 41.5 Å². The first-order valence-corrected chi connectivity index (χ1v) is 13.1. The fraction of sp³-hybridized carbons (Fsp3) is 0.393. The van der Waals surface area contributed by atoms with Gasteiger partial charge < -0.3 is 15.5 Å². The molecule has 2 aromatic rings. The zero-order valence-corrected chi connectivity index (χ0v) is 22.6. The van der Waals surface area contributed by atoms with E-state index in [4.69, 9.17) is 16.9 Å². The van der Waals surface area contributed by atoms with Crippen LogP contribution in [0.2, 0.25) is 5.02 Å². The Balaban J connectivity index is 0.00000186. The minimum Gasteiger partial charge on any atom is -0.341 e. The highest BCUT2D eigenvalue weighted by Gasteiger charge is 2.41. The molecular weight excluding hydrogens is 488 g/mol. The number of nitrogens with one attached hydrogen (secondary N) is 3. The van der Waals surface area contributed by atoms with Crippen LogP contribution >= 0.6 is 11.6 Å². The molecule has 3 N–H and O–H groups in total. The smallest absolute Gasteiger partial charge is 0.318 e. The Bertz CT molecular complexity index is 1170. The zero-order valence-electron chi connectivity index (χ0n) is 21.8. The van der Waals surface area contributed by atoms with Crippen molar-refractivity contribution in [1.29, 1.82) is 5.26 Å². The molecule has 0 aromatic heterocycles. The molecule has 2 aliphatic heterocycles. The Labute approximate surface area is 224 Å². The number of benzene rings is 2. The highest BCUT2D eigenvalue weighted by molar-refractivity contribution is 6.31. The summed E-state index contributed by atoms with van der Waals surface area (Å²) in [6.07, 6.45) is 4.97. The Morgan fingerprint density at radius 2 is 1.95 bits per heavy atom. The first-order valence-electron chi connectivity index (χ1n) is 12.8.